The third-order valence-corrected chi connectivity index (χ3v) is 3.91. The van der Waals surface area contributed by atoms with Gasteiger partial charge in [-0.15, -0.1) is 0 Å². The molecule has 0 atom stereocenters. The summed E-state index contributed by atoms with van der Waals surface area (Å²) in [6.07, 6.45) is 0.918. The fourth-order valence-electron chi connectivity index (χ4n) is 2.67. The second-order valence-electron chi connectivity index (χ2n) is 5.64. The molecule has 0 saturated heterocycles. The molecule has 4 aromatic rings. The largest absolute Gasteiger partial charge is 0.440 e. The molecule has 0 aliphatic carbocycles. The molecule has 2 heterocycles. The molecule has 4 rings (SSSR count). The molecule has 10 nitrogen and oxygen atoms in total. The Morgan fingerprint density at radius 1 is 0.769 bits per heavy atom. The van der Waals surface area contributed by atoms with Gasteiger partial charge in [-0.3, -0.25) is 20.2 Å². The predicted molar refractivity (Wildman–Crippen MR) is 90.8 cm³/mol. The molecule has 0 saturated carbocycles. The van der Waals surface area contributed by atoms with E-state index in [-0.39, 0.29) is 11.4 Å². The third kappa shape index (κ3) is 2.83. The van der Waals surface area contributed by atoms with Gasteiger partial charge in [0.15, 0.2) is 0 Å². The molecule has 0 fully saturated rings. The fraction of sp³-hybridized carbons (Fsp3) is 0.125. The van der Waals surface area contributed by atoms with Gasteiger partial charge < -0.3 is 19.9 Å². The lowest BCUT2D eigenvalue weighted by molar-refractivity contribution is -0.384. The van der Waals surface area contributed by atoms with Crippen LogP contribution in [-0.4, -0.2) is 19.8 Å². The summed E-state index contributed by atoms with van der Waals surface area (Å²) in [6, 6.07) is 8.69. The van der Waals surface area contributed by atoms with Crippen molar-refractivity contribution in [3.05, 3.63) is 68.3 Å². The maximum Gasteiger partial charge on any atom is 0.269 e. The Bertz CT molecular complexity index is 1070. The summed E-state index contributed by atoms with van der Waals surface area (Å²) >= 11 is 0. The van der Waals surface area contributed by atoms with Gasteiger partial charge in [0.2, 0.25) is 0 Å². The summed E-state index contributed by atoms with van der Waals surface area (Å²) in [5.41, 5.74) is 2.06. The minimum absolute atomic E-state index is 0.0313. The Kier molecular flexibility index (Phi) is 3.57. The number of nitro benzene ring substituents is 2. The van der Waals surface area contributed by atoms with Crippen molar-refractivity contribution in [3.63, 3.8) is 0 Å². The molecule has 2 aromatic carbocycles. The Hall–Kier alpha value is -3.82. The number of aromatic nitrogens is 4. The number of aryl methyl sites for hydroxylation is 2. The fourth-order valence-corrected chi connectivity index (χ4v) is 2.67. The van der Waals surface area contributed by atoms with Crippen molar-refractivity contribution in [1.82, 2.24) is 19.9 Å². The van der Waals surface area contributed by atoms with Gasteiger partial charge in [0.25, 0.3) is 11.4 Å². The van der Waals surface area contributed by atoms with Gasteiger partial charge in [0.1, 0.15) is 0 Å². The van der Waals surface area contributed by atoms with E-state index in [2.05, 4.69) is 19.9 Å². The molecule has 130 valence electrons. The van der Waals surface area contributed by atoms with Crippen LogP contribution in [0.2, 0.25) is 0 Å². The minimum atomic E-state index is -0.476. The molecule has 26 heavy (non-hydrogen) atoms. The van der Waals surface area contributed by atoms with Crippen LogP contribution < -0.4 is 9.97 Å². The molecular formula is C16H10N6O4-2. The molecule has 0 aliphatic rings. The van der Waals surface area contributed by atoms with Crippen LogP contribution in [0, 0.1) is 20.2 Å². The standard InChI is InChI=1S/C16H10N6O4/c23-21(24)9-1-3-11-13(7-9)19-15(17-11)5-6-16-18-12-4-2-10(22(25)26)8-14(12)20-16/h1-4,7-8H,5-6H2/q-2. The van der Waals surface area contributed by atoms with E-state index in [1.165, 1.54) is 24.3 Å². The molecular weight excluding hydrogens is 340 g/mol. The van der Waals surface area contributed by atoms with Crippen LogP contribution >= 0.6 is 0 Å². The topological polar surface area (TPSA) is 140 Å². The normalized spacial score (nSPS) is 11.2. The van der Waals surface area contributed by atoms with Crippen molar-refractivity contribution in [3.8, 4) is 0 Å². The molecule has 0 radical (unpaired) electrons. The third-order valence-electron chi connectivity index (χ3n) is 3.91. The van der Waals surface area contributed by atoms with Gasteiger partial charge in [0, 0.05) is 24.3 Å². The van der Waals surface area contributed by atoms with Crippen LogP contribution in [0.15, 0.2) is 36.4 Å². The van der Waals surface area contributed by atoms with Crippen LogP contribution in [0.1, 0.15) is 11.6 Å². The van der Waals surface area contributed by atoms with Gasteiger partial charge >= 0.3 is 0 Å². The number of rotatable bonds is 5. The summed E-state index contributed by atoms with van der Waals surface area (Å²) in [5, 5.41) is 21.6. The molecule has 0 amide bonds. The molecule has 2 aromatic heterocycles. The average molecular weight is 350 g/mol. The molecule has 10 heteroatoms. The average Bonchev–Trinajstić information content (AvgIpc) is 3.21. The lowest BCUT2D eigenvalue weighted by Gasteiger charge is -2.05. The number of hydrogen-bond donors (Lipinski definition) is 0. The van der Waals surface area contributed by atoms with E-state index in [1.54, 1.807) is 12.1 Å². The maximum atomic E-state index is 10.8. The SMILES string of the molecule is O=[N+]([O-])c1ccc2[n-]c(CCc3nc4cc([N+](=O)[O-])ccc4[n-]3)nc2c1. The number of imidazole rings is 2. The number of nitrogens with zero attached hydrogens (tertiary/aromatic N) is 6. The quantitative estimate of drug-likeness (QED) is 0.394. The lowest BCUT2D eigenvalue weighted by Crippen LogP contribution is -1.97. The van der Waals surface area contributed by atoms with Crippen molar-refractivity contribution < 1.29 is 9.85 Å². The summed E-state index contributed by atoms with van der Waals surface area (Å²) in [6.45, 7) is 0. The van der Waals surface area contributed by atoms with Crippen LogP contribution in [0.3, 0.4) is 0 Å². The van der Waals surface area contributed by atoms with Crippen molar-refractivity contribution in [2.24, 2.45) is 0 Å². The second kappa shape index (κ2) is 5.92. The van der Waals surface area contributed by atoms with Gasteiger partial charge in [-0.2, -0.15) is 0 Å². The van der Waals surface area contributed by atoms with E-state index in [0.717, 1.165) is 0 Å². The van der Waals surface area contributed by atoms with Gasteiger partial charge in [0.05, 0.1) is 9.85 Å². The second-order valence-corrected chi connectivity index (χ2v) is 5.64. The van der Waals surface area contributed by atoms with Crippen LogP contribution in [-0.2, 0) is 12.8 Å². The van der Waals surface area contributed by atoms with Crippen molar-refractivity contribution in [2.75, 3.05) is 0 Å². The van der Waals surface area contributed by atoms with Gasteiger partial charge in [-0.25, -0.2) is 0 Å². The van der Waals surface area contributed by atoms with Crippen LogP contribution in [0.4, 0.5) is 11.4 Å². The van der Waals surface area contributed by atoms with E-state index >= 15 is 0 Å². The summed E-state index contributed by atoms with van der Waals surface area (Å²) in [7, 11) is 0. The lowest BCUT2D eigenvalue weighted by atomic mass is 10.3. The summed E-state index contributed by atoms with van der Waals surface area (Å²) in [5.74, 6) is 1.08. The minimum Gasteiger partial charge on any atom is -0.440 e. The van der Waals surface area contributed by atoms with Crippen molar-refractivity contribution in [1.29, 1.82) is 0 Å². The number of non-ortho nitro benzene ring substituents is 2. The summed E-state index contributed by atoms with van der Waals surface area (Å²) in [4.78, 5) is 38.0. The Morgan fingerprint density at radius 2 is 1.19 bits per heavy atom. The van der Waals surface area contributed by atoms with E-state index in [0.29, 0.717) is 46.6 Å². The van der Waals surface area contributed by atoms with Crippen molar-refractivity contribution in [2.45, 2.75) is 12.8 Å². The molecule has 0 bridgehead atoms. The Balaban J connectivity index is 1.54. The first-order valence-corrected chi connectivity index (χ1v) is 7.65. The molecule has 0 aliphatic heterocycles. The Morgan fingerprint density at radius 3 is 1.58 bits per heavy atom. The molecule has 0 spiro atoms. The highest BCUT2D eigenvalue weighted by molar-refractivity contribution is 5.78. The smallest absolute Gasteiger partial charge is 0.269 e. The predicted octanol–water partition coefficient (Wildman–Crippen LogP) is 2.30. The van der Waals surface area contributed by atoms with Gasteiger partial charge in [-0.05, 0) is 34.9 Å². The van der Waals surface area contributed by atoms with E-state index in [1.807, 2.05) is 0 Å². The van der Waals surface area contributed by atoms with E-state index in [4.69, 9.17) is 0 Å². The zero-order chi connectivity index (χ0) is 18.3. The zero-order valence-electron chi connectivity index (χ0n) is 13.2. The monoisotopic (exact) mass is 350 g/mol. The van der Waals surface area contributed by atoms with Crippen LogP contribution in [0.25, 0.3) is 22.1 Å². The first-order valence-electron chi connectivity index (χ1n) is 7.65. The van der Waals surface area contributed by atoms with E-state index < -0.39 is 9.85 Å². The highest BCUT2D eigenvalue weighted by atomic mass is 16.6. The summed E-state index contributed by atoms with van der Waals surface area (Å²) < 4.78 is 0. The van der Waals surface area contributed by atoms with Gasteiger partial charge in [-0.1, -0.05) is 23.8 Å². The number of fused-ring (bicyclic) bond motifs is 2. The van der Waals surface area contributed by atoms with Crippen molar-refractivity contribution >= 4 is 33.4 Å². The highest BCUT2D eigenvalue weighted by Gasteiger charge is 2.06. The van der Waals surface area contributed by atoms with E-state index in [9.17, 15) is 20.2 Å². The number of nitro groups is 2. The first-order chi connectivity index (χ1) is 12.5. The highest BCUT2D eigenvalue weighted by Crippen LogP contribution is 2.20. The Labute approximate surface area is 145 Å². The maximum absolute atomic E-state index is 10.8. The zero-order valence-corrected chi connectivity index (χ0v) is 13.2. The number of hydrogen-bond acceptors (Lipinski definition) is 6. The molecule has 0 N–H and O–H groups in total. The van der Waals surface area contributed by atoms with Crippen LogP contribution in [0.5, 0.6) is 0 Å². The number of benzene rings is 2. The molecule has 0 unspecified atom stereocenters. The first kappa shape index (κ1) is 15.7.